The van der Waals surface area contributed by atoms with E-state index in [1.807, 2.05) is 0 Å². The zero-order valence-electron chi connectivity index (χ0n) is 13.7. The molecule has 0 aromatic carbocycles. The first-order valence-electron chi connectivity index (χ1n) is 8.71. The number of nitrogens with zero attached hydrogens (tertiary/aromatic N) is 2. The number of rotatable bonds is 6. The summed E-state index contributed by atoms with van der Waals surface area (Å²) in [6.07, 6.45) is 11.0. The van der Waals surface area contributed by atoms with E-state index in [9.17, 15) is 0 Å². The first kappa shape index (κ1) is 16.3. The Morgan fingerprint density at radius 3 is 2.40 bits per heavy atom. The van der Waals surface area contributed by atoms with Crippen LogP contribution in [0.4, 0.5) is 0 Å². The molecule has 1 saturated carbocycles. The van der Waals surface area contributed by atoms with Gasteiger partial charge in [0.2, 0.25) is 0 Å². The van der Waals surface area contributed by atoms with Crippen molar-refractivity contribution in [1.29, 1.82) is 0 Å². The van der Waals surface area contributed by atoms with Gasteiger partial charge < -0.3 is 15.5 Å². The number of nitrogens with two attached hydrogens (primary N) is 1. The SMILES string of the molecule is CN1CCC(CN(C)CCC2(CN)CCCCC2)CC1. The second kappa shape index (κ2) is 7.77. The Balaban J connectivity index is 1.69. The molecule has 2 N–H and O–H groups in total. The van der Waals surface area contributed by atoms with E-state index >= 15 is 0 Å². The highest BCUT2D eigenvalue weighted by Gasteiger charge is 2.30. The maximum absolute atomic E-state index is 6.10. The molecule has 0 aromatic heterocycles. The molecule has 2 aliphatic rings. The zero-order valence-corrected chi connectivity index (χ0v) is 13.7. The maximum Gasteiger partial charge on any atom is 0.000756 e. The highest BCUT2D eigenvalue weighted by atomic mass is 15.1. The number of hydrogen-bond donors (Lipinski definition) is 1. The summed E-state index contributed by atoms with van der Waals surface area (Å²) in [6.45, 7) is 5.99. The molecule has 3 heteroatoms. The fraction of sp³-hybridized carbons (Fsp3) is 1.00. The Morgan fingerprint density at radius 2 is 1.80 bits per heavy atom. The largest absolute Gasteiger partial charge is 0.330 e. The van der Waals surface area contributed by atoms with Crippen LogP contribution in [0.3, 0.4) is 0 Å². The fourth-order valence-electron chi connectivity index (χ4n) is 4.06. The summed E-state index contributed by atoms with van der Waals surface area (Å²) >= 11 is 0. The first-order valence-corrected chi connectivity index (χ1v) is 8.71. The molecule has 2 fully saturated rings. The topological polar surface area (TPSA) is 32.5 Å². The highest BCUT2D eigenvalue weighted by Crippen LogP contribution is 2.38. The second-order valence-electron chi connectivity index (χ2n) is 7.52. The van der Waals surface area contributed by atoms with E-state index < -0.39 is 0 Å². The van der Waals surface area contributed by atoms with Crippen LogP contribution in [0.25, 0.3) is 0 Å². The third kappa shape index (κ3) is 4.71. The predicted octanol–water partition coefficient (Wildman–Crippen LogP) is 2.56. The van der Waals surface area contributed by atoms with Gasteiger partial charge in [-0.2, -0.15) is 0 Å². The second-order valence-corrected chi connectivity index (χ2v) is 7.52. The van der Waals surface area contributed by atoms with Crippen LogP contribution in [0.15, 0.2) is 0 Å². The molecular formula is C17H35N3. The Kier molecular flexibility index (Phi) is 6.31. The molecule has 1 heterocycles. The van der Waals surface area contributed by atoms with Gasteiger partial charge in [0.15, 0.2) is 0 Å². The lowest BCUT2D eigenvalue weighted by Gasteiger charge is -2.38. The number of likely N-dealkylation sites (tertiary alicyclic amines) is 1. The lowest BCUT2D eigenvalue weighted by molar-refractivity contribution is 0.135. The van der Waals surface area contributed by atoms with Crippen LogP contribution in [-0.2, 0) is 0 Å². The molecule has 1 aliphatic heterocycles. The molecule has 0 bridgehead atoms. The fourth-order valence-corrected chi connectivity index (χ4v) is 4.06. The summed E-state index contributed by atoms with van der Waals surface area (Å²) in [6, 6.07) is 0. The molecule has 0 amide bonds. The Bertz CT molecular complexity index is 265. The minimum atomic E-state index is 0.472. The van der Waals surface area contributed by atoms with E-state index in [1.54, 1.807) is 0 Å². The Hall–Kier alpha value is -0.120. The summed E-state index contributed by atoms with van der Waals surface area (Å²) in [5, 5.41) is 0. The molecule has 3 nitrogen and oxygen atoms in total. The zero-order chi connectivity index (χ0) is 14.4. The molecule has 0 spiro atoms. The van der Waals surface area contributed by atoms with Crippen LogP contribution in [-0.4, -0.2) is 56.6 Å². The molecular weight excluding hydrogens is 246 g/mol. The third-order valence-electron chi connectivity index (χ3n) is 5.78. The van der Waals surface area contributed by atoms with E-state index in [0.29, 0.717) is 5.41 Å². The summed E-state index contributed by atoms with van der Waals surface area (Å²) in [5.41, 5.74) is 6.57. The van der Waals surface area contributed by atoms with E-state index in [4.69, 9.17) is 5.73 Å². The van der Waals surface area contributed by atoms with Crippen molar-refractivity contribution in [3.63, 3.8) is 0 Å². The quantitative estimate of drug-likeness (QED) is 0.812. The van der Waals surface area contributed by atoms with Crippen molar-refractivity contribution >= 4 is 0 Å². The minimum absolute atomic E-state index is 0.472. The van der Waals surface area contributed by atoms with Gasteiger partial charge in [-0.05, 0) is 83.7 Å². The molecule has 20 heavy (non-hydrogen) atoms. The van der Waals surface area contributed by atoms with E-state index in [0.717, 1.165) is 12.5 Å². The maximum atomic E-state index is 6.10. The molecule has 0 radical (unpaired) electrons. The summed E-state index contributed by atoms with van der Waals surface area (Å²) in [4.78, 5) is 5.03. The highest BCUT2D eigenvalue weighted by molar-refractivity contribution is 4.85. The van der Waals surface area contributed by atoms with Gasteiger partial charge in [-0.15, -0.1) is 0 Å². The van der Waals surface area contributed by atoms with Crippen LogP contribution in [0, 0.1) is 11.3 Å². The van der Waals surface area contributed by atoms with Crippen molar-refractivity contribution in [2.45, 2.75) is 51.4 Å². The van der Waals surface area contributed by atoms with Crippen LogP contribution < -0.4 is 5.73 Å². The van der Waals surface area contributed by atoms with Gasteiger partial charge in [0.25, 0.3) is 0 Å². The predicted molar refractivity (Wildman–Crippen MR) is 86.9 cm³/mol. The van der Waals surface area contributed by atoms with Crippen molar-refractivity contribution in [3.05, 3.63) is 0 Å². The van der Waals surface area contributed by atoms with Gasteiger partial charge in [0, 0.05) is 6.54 Å². The van der Waals surface area contributed by atoms with Crippen LogP contribution in [0.5, 0.6) is 0 Å². The normalized spacial score (nSPS) is 25.2. The van der Waals surface area contributed by atoms with Crippen molar-refractivity contribution in [2.75, 3.05) is 46.8 Å². The van der Waals surface area contributed by atoms with Crippen molar-refractivity contribution in [3.8, 4) is 0 Å². The smallest absolute Gasteiger partial charge is 0.000756 e. The molecule has 0 atom stereocenters. The van der Waals surface area contributed by atoms with Gasteiger partial charge in [-0.1, -0.05) is 19.3 Å². The van der Waals surface area contributed by atoms with Gasteiger partial charge in [-0.3, -0.25) is 0 Å². The molecule has 0 aromatic rings. The summed E-state index contributed by atoms with van der Waals surface area (Å²) in [7, 11) is 4.55. The monoisotopic (exact) mass is 281 g/mol. The molecule has 2 rings (SSSR count). The third-order valence-corrected chi connectivity index (χ3v) is 5.78. The number of piperidine rings is 1. The lowest BCUT2D eigenvalue weighted by Crippen LogP contribution is -2.39. The van der Waals surface area contributed by atoms with Crippen molar-refractivity contribution in [1.82, 2.24) is 9.80 Å². The molecule has 1 aliphatic carbocycles. The molecule has 118 valence electrons. The summed E-state index contributed by atoms with van der Waals surface area (Å²) in [5.74, 6) is 0.913. The van der Waals surface area contributed by atoms with Crippen molar-refractivity contribution in [2.24, 2.45) is 17.1 Å². The lowest BCUT2D eigenvalue weighted by atomic mass is 9.72. The molecule has 0 unspecified atom stereocenters. The average Bonchev–Trinajstić information content (AvgIpc) is 2.49. The van der Waals surface area contributed by atoms with Gasteiger partial charge in [0.1, 0.15) is 0 Å². The van der Waals surface area contributed by atoms with Crippen LogP contribution in [0.2, 0.25) is 0 Å². The minimum Gasteiger partial charge on any atom is -0.330 e. The standard InChI is InChI=1S/C17H35N3/c1-19-11-6-16(7-12-19)14-20(2)13-10-17(15-18)8-4-3-5-9-17/h16H,3-15,18H2,1-2H3. The first-order chi connectivity index (χ1) is 9.63. The Labute approximate surface area is 125 Å². The number of hydrogen-bond acceptors (Lipinski definition) is 3. The summed E-state index contributed by atoms with van der Waals surface area (Å²) < 4.78 is 0. The van der Waals surface area contributed by atoms with Gasteiger partial charge in [0.05, 0.1) is 0 Å². The van der Waals surface area contributed by atoms with Crippen LogP contribution >= 0.6 is 0 Å². The van der Waals surface area contributed by atoms with E-state index in [1.165, 1.54) is 77.5 Å². The molecule has 1 saturated heterocycles. The average molecular weight is 281 g/mol. The van der Waals surface area contributed by atoms with Gasteiger partial charge in [-0.25, -0.2) is 0 Å². The Morgan fingerprint density at radius 1 is 1.15 bits per heavy atom. The van der Waals surface area contributed by atoms with Crippen molar-refractivity contribution < 1.29 is 0 Å². The van der Waals surface area contributed by atoms with Crippen LogP contribution in [0.1, 0.15) is 51.4 Å². The van der Waals surface area contributed by atoms with Gasteiger partial charge >= 0.3 is 0 Å². The van der Waals surface area contributed by atoms with E-state index in [2.05, 4.69) is 23.9 Å². The van der Waals surface area contributed by atoms with E-state index in [-0.39, 0.29) is 0 Å².